The van der Waals surface area contributed by atoms with Crippen molar-refractivity contribution in [3.05, 3.63) is 53.6 Å². The van der Waals surface area contributed by atoms with E-state index in [1.54, 1.807) is 52.3 Å². The summed E-state index contributed by atoms with van der Waals surface area (Å²) >= 11 is 0. The van der Waals surface area contributed by atoms with Crippen LogP contribution in [0.25, 0.3) is 0 Å². The SMILES string of the molecule is O=CN1CCN(C(=O)c2ccc(C(=O)Nc3ccc4c(c3)OCO4)cc2)CC1. The molecule has 2 heterocycles. The van der Waals surface area contributed by atoms with Crippen LogP contribution in [0.1, 0.15) is 20.7 Å². The number of nitrogens with zero attached hydrogens (tertiary/aromatic N) is 2. The molecule has 4 rings (SSSR count). The van der Waals surface area contributed by atoms with Crippen molar-refractivity contribution < 1.29 is 23.9 Å². The second-order valence-corrected chi connectivity index (χ2v) is 6.53. The van der Waals surface area contributed by atoms with E-state index in [1.807, 2.05) is 0 Å². The fraction of sp³-hybridized carbons (Fsp3) is 0.250. The summed E-state index contributed by atoms with van der Waals surface area (Å²) in [5.41, 5.74) is 1.56. The first-order valence-electron chi connectivity index (χ1n) is 8.94. The second-order valence-electron chi connectivity index (χ2n) is 6.53. The van der Waals surface area contributed by atoms with Gasteiger partial charge >= 0.3 is 0 Å². The zero-order chi connectivity index (χ0) is 19.5. The van der Waals surface area contributed by atoms with Crippen molar-refractivity contribution in [2.75, 3.05) is 38.3 Å². The summed E-state index contributed by atoms with van der Waals surface area (Å²) in [5.74, 6) is 0.856. The number of ether oxygens (including phenoxy) is 2. The highest BCUT2D eigenvalue weighted by Crippen LogP contribution is 2.34. The monoisotopic (exact) mass is 381 g/mol. The van der Waals surface area contributed by atoms with Gasteiger partial charge in [0, 0.05) is 49.1 Å². The molecular formula is C20H19N3O5. The maximum Gasteiger partial charge on any atom is 0.255 e. The first-order chi connectivity index (χ1) is 13.6. The predicted octanol–water partition coefficient (Wildman–Crippen LogP) is 1.58. The lowest BCUT2D eigenvalue weighted by molar-refractivity contribution is -0.119. The molecule has 2 aliphatic rings. The number of hydrogen-bond donors (Lipinski definition) is 1. The molecule has 8 heteroatoms. The number of benzene rings is 2. The number of piperazine rings is 1. The van der Waals surface area contributed by atoms with Crippen molar-refractivity contribution in [3.8, 4) is 11.5 Å². The van der Waals surface area contributed by atoms with Gasteiger partial charge in [0.2, 0.25) is 13.2 Å². The van der Waals surface area contributed by atoms with Gasteiger partial charge in [-0.25, -0.2) is 0 Å². The molecule has 2 aliphatic heterocycles. The average molecular weight is 381 g/mol. The molecule has 1 saturated heterocycles. The molecule has 0 bridgehead atoms. The summed E-state index contributed by atoms with van der Waals surface area (Å²) in [6.07, 6.45) is 0.801. The van der Waals surface area contributed by atoms with E-state index in [-0.39, 0.29) is 18.6 Å². The second kappa shape index (κ2) is 7.59. The van der Waals surface area contributed by atoms with E-state index < -0.39 is 0 Å². The lowest BCUT2D eigenvalue weighted by atomic mass is 10.1. The molecule has 8 nitrogen and oxygen atoms in total. The van der Waals surface area contributed by atoms with Gasteiger partial charge in [-0.15, -0.1) is 0 Å². The Labute approximate surface area is 161 Å². The standard InChI is InChI=1S/C20H19N3O5/c24-12-22-7-9-23(10-8-22)20(26)15-3-1-14(2-4-15)19(25)21-16-5-6-17-18(11-16)28-13-27-17/h1-6,11-12H,7-10,13H2,(H,21,25). The summed E-state index contributed by atoms with van der Waals surface area (Å²) in [4.78, 5) is 39.1. The van der Waals surface area contributed by atoms with E-state index in [0.717, 1.165) is 6.41 Å². The molecule has 1 N–H and O–H groups in total. The normalized spacial score (nSPS) is 15.3. The van der Waals surface area contributed by atoms with Gasteiger partial charge in [0.1, 0.15) is 0 Å². The molecule has 0 atom stereocenters. The molecule has 2 aromatic rings. The third-order valence-corrected chi connectivity index (χ3v) is 4.78. The fourth-order valence-corrected chi connectivity index (χ4v) is 3.15. The van der Waals surface area contributed by atoms with Crippen LogP contribution in [-0.2, 0) is 4.79 Å². The number of rotatable bonds is 4. The Morgan fingerprint density at radius 3 is 2.29 bits per heavy atom. The number of fused-ring (bicyclic) bond motifs is 1. The van der Waals surface area contributed by atoms with Gasteiger partial charge < -0.3 is 24.6 Å². The molecular weight excluding hydrogens is 362 g/mol. The van der Waals surface area contributed by atoms with E-state index in [9.17, 15) is 14.4 Å². The summed E-state index contributed by atoms with van der Waals surface area (Å²) in [5, 5.41) is 2.80. The van der Waals surface area contributed by atoms with Gasteiger partial charge in [0.15, 0.2) is 11.5 Å². The molecule has 2 aromatic carbocycles. The van der Waals surface area contributed by atoms with Crippen LogP contribution in [-0.4, -0.2) is 61.0 Å². The Morgan fingerprint density at radius 2 is 1.57 bits per heavy atom. The van der Waals surface area contributed by atoms with Gasteiger partial charge in [-0.1, -0.05) is 0 Å². The Kier molecular flexibility index (Phi) is 4.84. The zero-order valence-corrected chi connectivity index (χ0v) is 15.1. The number of carbonyl (C=O) groups excluding carboxylic acids is 3. The molecule has 3 amide bonds. The molecule has 0 radical (unpaired) electrons. The Morgan fingerprint density at radius 1 is 0.893 bits per heavy atom. The van der Waals surface area contributed by atoms with Crippen molar-refractivity contribution in [1.29, 1.82) is 0 Å². The van der Waals surface area contributed by atoms with Gasteiger partial charge in [-0.05, 0) is 36.4 Å². The van der Waals surface area contributed by atoms with Crippen molar-refractivity contribution in [3.63, 3.8) is 0 Å². The molecule has 0 unspecified atom stereocenters. The van der Waals surface area contributed by atoms with Crippen LogP contribution in [0, 0.1) is 0 Å². The van der Waals surface area contributed by atoms with Crippen LogP contribution < -0.4 is 14.8 Å². The third-order valence-electron chi connectivity index (χ3n) is 4.78. The lowest BCUT2D eigenvalue weighted by Gasteiger charge is -2.32. The maximum absolute atomic E-state index is 12.6. The number of hydrogen-bond acceptors (Lipinski definition) is 5. The van der Waals surface area contributed by atoms with Crippen molar-refractivity contribution >= 4 is 23.9 Å². The Balaban J connectivity index is 1.39. The first-order valence-corrected chi connectivity index (χ1v) is 8.94. The summed E-state index contributed by atoms with van der Waals surface area (Å²) in [7, 11) is 0. The van der Waals surface area contributed by atoms with E-state index in [4.69, 9.17) is 9.47 Å². The molecule has 0 saturated carbocycles. The highest BCUT2D eigenvalue weighted by Gasteiger charge is 2.21. The highest BCUT2D eigenvalue weighted by molar-refractivity contribution is 6.05. The average Bonchev–Trinajstić information content (AvgIpc) is 3.21. The Hall–Kier alpha value is -3.55. The predicted molar refractivity (Wildman–Crippen MR) is 101 cm³/mol. The number of amides is 3. The third kappa shape index (κ3) is 3.62. The highest BCUT2D eigenvalue weighted by atomic mass is 16.7. The Bertz CT molecular complexity index is 905. The van der Waals surface area contributed by atoms with E-state index in [1.165, 1.54) is 0 Å². The lowest BCUT2D eigenvalue weighted by Crippen LogP contribution is -2.48. The van der Waals surface area contributed by atoms with Gasteiger partial charge in [-0.3, -0.25) is 14.4 Å². The molecule has 0 aromatic heterocycles. The van der Waals surface area contributed by atoms with Crippen LogP contribution >= 0.6 is 0 Å². The molecule has 0 spiro atoms. The van der Waals surface area contributed by atoms with E-state index in [2.05, 4.69) is 5.32 Å². The molecule has 144 valence electrons. The number of anilines is 1. The number of nitrogens with one attached hydrogen (secondary N) is 1. The van der Waals surface area contributed by atoms with Gasteiger partial charge in [-0.2, -0.15) is 0 Å². The topological polar surface area (TPSA) is 88.2 Å². The number of carbonyl (C=O) groups is 3. The van der Waals surface area contributed by atoms with Crippen molar-refractivity contribution in [2.45, 2.75) is 0 Å². The van der Waals surface area contributed by atoms with Crippen molar-refractivity contribution in [2.24, 2.45) is 0 Å². The van der Waals surface area contributed by atoms with Crippen LogP contribution in [0.2, 0.25) is 0 Å². The first kappa shape index (κ1) is 17.8. The molecule has 0 aliphatic carbocycles. The largest absolute Gasteiger partial charge is 0.454 e. The van der Waals surface area contributed by atoms with E-state index in [0.29, 0.717) is 54.5 Å². The zero-order valence-electron chi connectivity index (χ0n) is 15.1. The minimum absolute atomic E-state index is 0.103. The minimum Gasteiger partial charge on any atom is -0.454 e. The van der Waals surface area contributed by atoms with Gasteiger partial charge in [0.25, 0.3) is 11.8 Å². The van der Waals surface area contributed by atoms with Crippen molar-refractivity contribution in [1.82, 2.24) is 9.80 Å². The van der Waals surface area contributed by atoms with E-state index >= 15 is 0 Å². The smallest absolute Gasteiger partial charge is 0.255 e. The molecule has 28 heavy (non-hydrogen) atoms. The van der Waals surface area contributed by atoms with Crippen LogP contribution in [0.4, 0.5) is 5.69 Å². The quantitative estimate of drug-likeness (QED) is 0.813. The fourth-order valence-electron chi connectivity index (χ4n) is 3.15. The summed E-state index contributed by atoms with van der Waals surface area (Å²) < 4.78 is 10.6. The summed E-state index contributed by atoms with van der Waals surface area (Å²) in [6, 6.07) is 11.7. The van der Waals surface area contributed by atoms with Crippen LogP contribution in [0.3, 0.4) is 0 Å². The molecule has 1 fully saturated rings. The minimum atomic E-state index is -0.280. The van der Waals surface area contributed by atoms with Crippen LogP contribution in [0.15, 0.2) is 42.5 Å². The summed E-state index contributed by atoms with van der Waals surface area (Å²) in [6.45, 7) is 2.25. The van der Waals surface area contributed by atoms with Crippen LogP contribution in [0.5, 0.6) is 11.5 Å². The maximum atomic E-state index is 12.6. The van der Waals surface area contributed by atoms with Gasteiger partial charge in [0.05, 0.1) is 0 Å².